The third kappa shape index (κ3) is 1.37. The van der Waals surface area contributed by atoms with E-state index in [1.807, 2.05) is 0 Å². The minimum atomic E-state index is -0.165. The monoisotopic (exact) mass is 120 g/mol. The normalized spacial score (nSPS) is 31.3. The van der Waals surface area contributed by atoms with Crippen molar-refractivity contribution < 1.29 is 9.56 Å². The van der Waals surface area contributed by atoms with E-state index in [1.54, 1.807) is 0 Å². The third-order valence-corrected chi connectivity index (χ3v) is 2.64. The molecule has 1 fully saturated rings. The van der Waals surface area contributed by atoms with Gasteiger partial charge in [-0.25, -0.2) is 9.56 Å². The Kier molecular flexibility index (Phi) is 2.04. The zero-order valence-corrected chi connectivity index (χ0v) is 5.28. The molecule has 3 heteroatoms. The molecule has 0 aromatic rings. The fourth-order valence-corrected chi connectivity index (χ4v) is 1.50. The minimum Gasteiger partial charge on any atom is -0.233 e. The summed E-state index contributed by atoms with van der Waals surface area (Å²) in [6.07, 6.45) is 2.27. The van der Waals surface area contributed by atoms with Crippen molar-refractivity contribution >= 4 is 8.15 Å². The third-order valence-electron chi connectivity index (χ3n) is 0.935. The lowest BCUT2D eigenvalue weighted by Gasteiger charge is -1.97. The van der Waals surface area contributed by atoms with Crippen molar-refractivity contribution in [3.05, 3.63) is 0 Å². The second kappa shape index (κ2) is 2.61. The Morgan fingerprint density at radius 1 is 1.71 bits per heavy atom. The maximum atomic E-state index is 4.87. The quantitative estimate of drug-likeness (QED) is 0.384. The molecule has 1 rings (SSSR count). The Balaban J connectivity index is 2.14. The van der Waals surface area contributed by atoms with Crippen molar-refractivity contribution in [2.24, 2.45) is 0 Å². The van der Waals surface area contributed by atoms with Gasteiger partial charge in [0, 0.05) is 6.16 Å². The zero-order chi connectivity index (χ0) is 5.11. The van der Waals surface area contributed by atoms with Crippen molar-refractivity contribution in [2.45, 2.75) is 6.92 Å². The topological polar surface area (TPSA) is 18.5 Å². The van der Waals surface area contributed by atoms with Crippen LogP contribution in [0.5, 0.6) is 0 Å². The second-order valence-corrected chi connectivity index (χ2v) is 3.61. The molecule has 0 bridgehead atoms. The highest BCUT2D eigenvalue weighted by Gasteiger charge is 2.13. The highest BCUT2D eigenvalue weighted by molar-refractivity contribution is 7.52. The van der Waals surface area contributed by atoms with Crippen LogP contribution in [0.15, 0.2) is 0 Å². The van der Waals surface area contributed by atoms with Gasteiger partial charge in [0.2, 0.25) is 0 Å². The van der Waals surface area contributed by atoms with Crippen LogP contribution in [0.2, 0.25) is 0 Å². The van der Waals surface area contributed by atoms with Crippen molar-refractivity contribution in [2.75, 3.05) is 18.9 Å². The molecule has 1 heterocycles. The van der Waals surface area contributed by atoms with E-state index < -0.39 is 0 Å². The van der Waals surface area contributed by atoms with Gasteiger partial charge in [-0.05, 0) is 6.16 Å². The van der Waals surface area contributed by atoms with Crippen molar-refractivity contribution in [1.29, 1.82) is 0 Å². The van der Waals surface area contributed by atoms with Crippen LogP contribution in [0.1, 0.15) is 6.92 Å². The summed E-state index contributed by atoms with van der Waals surface area (Å²) >= 11 is 0. The van der Waals surface area contributed by atoms with Gasteiger partial charge in [-0.3, -0.25) is 0 Å². The molecule has 2 nitrogen and oxygen atoms in total. The molecule has 1 aliphatic heterocycles. The summed E-state index contributed by atoms with van der Waals surface area (Å²) in [6, 6.07) is 0. The molecule has 0 radical (unpaired) electrons. The average molecular weight is 120 g/mol. The number of hydrogen-bond donors (Lipinski definition) is 0. The van der Waals surface area contributed by atoms with Gasteiger partial charge >= 0.3 is 0 Å². The molecular formula is C4H9O2P. The van der Waals surface area contributed by atoms with Gasteiger partial charge in [0.15, 0.2) is 0 Å². The first-order valence-electron chi connectivity index (χ1n) is 2.48. The first-order chi connectivity index (χ1) is 3.43. The Hall–Kier alpha value is 0.350. The van der Waals surface area contributed by atoms with E-state index in [9.17, 15) is 0 Å². The van der Waals surface area contributed by atoms with E-state index in [1.165, 1.54) is 0 Å². The summed E-state index contributed by atoms with van der Waals surface area (Å²) in [5, 5.41) is 0. The van der Waals surface area contributed by atoms with Gasteiger partial charge in [-0.2, -0.15) is 0 Å². The van der Waals surface area contributed by atoms with Crippen molar-refractivity contribution in [3.63, 3.8) is 0 Å². The lowest BCUT2D eigenvalue weighted by molar-refractivity contribution is -0.174. The summed E-state index contributed by atoms with van der Waals surface area (Å²) in [5.41, 5.74) is 0. The largest absolute Gasteiger partial charge is 0.233 e. The molecule has 1 atom stereocenters. The van der Waals surface area contributed by atoms with Gasteiger partial charge in [0.25, 0.3) is 0 Å². The molecule has 0 aliphatic carbocycles. The first-order valence-corrected chi connectivity index (χ1v) is 4.11. The SMILES string of the molecule is CCP1CCOO1. The Labute approximate surface area is 44.6 Å². The molecule has 7 heavy (non-hydrogen) atoms. The van der Waals surface area contributed by atoms with Gasteiger partial charge in [-0.1, -0.05) is 6.92 Å². The van der Waals surface area contributed by atoms with Crippen LogP contribution in [0, 0.1) is 0 Å². The van der Waals surface area contributed by atoms with E-state index in [0.717, 1.165) is 18.9 Å². The Morgan fingerprint density at radius 2 is 2.57 bits per heavy atom. The van der Waals surface area contributed by atoms with Crippen LogP contribution in [-0.4, -0.2) is 18.9 Å². The van der Waals surface area contributed by atoms with E-state index in [-0.39, 0.29) is 8.15 Å². The van der Waals surface area contributed by atoms with Gasteiger partial charge in [0.05, 0.1) is 14.8 Å². The lowest BCUT2D eigenvalue weighted by Crippen LogP contribution is -1.79. The average Bonchev–Trinajstić information content (AvgIpc) is 2.14. The molecule has 1 saturated heterocycles. The second-order valence-electron chi connectivity index (χ2n) is 1.42. The van der Waals surface area contributed by atoms with E-state index >= 15 is 0 Å². The smallest absolute Gasteiger partial charge is 0.0887 e. The molecule has 0 aromatic heterocycles. The van der Waals surface area contributed by atoms with Crippen molar-refractivity contribution in [1.82, 2.24) is 0 Å². The maximum Gasteiger partial charge on any atom is 0.0887 e. The first kappa shape index (κ1) is 5.49. The number of hydrogen-bond acceptors (Lipinski definition) is 2. The summed E-state index contributed by atoms with van der Waals surface area (Å²) in [6.45, 7) is 2.93. The molecule has 0 N–H and O–H groups in total. The predicted octanol–water partition coefficient (Wildman–Crippen LogP) is 1.36. The van der Waals surface area contributed by atoms with Gasteiger partial charge < -0.3 is 0 Å². The molecule has 0 aromatic carbocycles. The van der Waals surface area contributed by atoms with Crippen LogP contribution in [0.25, 0.3) is 0 Å². The molecule has 1 unspecified atom stereocenters. The molecule has 0 saturated carbocycles. The van der Waals surface area contributed by atoms with Crippen LogP contribution in [-0.2, 0) is 9.56 Å². The fourth-order valence-electron chi connectivity index (χ4n) is 0.499. The molecule has 0 spiro atoms. The Morgan fingerprint density at radius 3 is 2.86 bits per heavy atom. The van der Waals surface area contributed by atoms with Crippen molar-refractivity contribution in [3.8, 4) is 0 Å². The zero-order valence-electron chi connectivity index (χ0n) is 4.39. The standard InChI is InChI=1S/C4H9O2P/c1-2-7-4-3-5-6-7/h2-4H2,1H3. The molecular weight excluding hydrogens is 111 g/mol. The summed E-state index contributed by atoms with van der Waals surface area (Å²) in [5.74, 6) is 0. The minimum absolute atomic E-state index is 0.165. The predicted molar refractivity (Wildman–Crippen MR) is 29.4 cm³/mol. The summed E-state index contributed by atoms with van der Waals surface area (Å²) in [4.78, 5) is 4.68. The van der Waals surface area contributed by atoms with Gasteiger partial charge in [0.1, 0.15) is 0 Å². The number of rotatable bonds is 1. The Bertz CT molecular complexity index is 51.7. The van der Waals surface area contributed by atoms with Crippen LogP contribution < -0.4 is 0 Å². The summed E-state index contributed by atoms with van der Waals surface area (Å²) < 4.78 is 4.87. The van der Waals surface area contributed by atoms with Crippen LogP contribution in [0.4, 0.5) is 0 Å². The van der Waals surface area contributed by atoms with Crippen LogP contribution in [0.3, 0.4) is 0 Å². The fraction of sp³-hybridized carbons (Fsp3) is 1.00. The highest BCUT2D eigenvalue weighted by Crippen LogP contribution is 2.40. The highest BCUT2D eigenvalue weighted by atomic mass is 31.1. The summed E-state index contributed by atoms with van der Waals surface area (Å²) in [7, 11) is -0.165. The molecule has 42 valence electrons. The van der Waals surface area contributed by atoms with Gasteiger partial charge in [-0.15, -0.1) is 0 Å². The lowest BCUT2D eigenvalue weighted by atomic mass is 10.9. The van der Waals surface area contributed by atoms with E-state index in [4.69, 9.17) is 4.67 Å². The molecule has 1 aliphatic rings. The van der Waals surface area contributed by atoms with Crippen LogP contribution >= 0.6 is 8.15 Å². The molecule has 0 amide bonds. The van der Waals surface area contributed by atoms with E-state index in [2.05, 4.69) is 11.8 Å². The maximum absolute atomic E-state index is 4.87. The van der Waals surface area contributed by atoms with E-state index in [0.29, 0.717) is 0 Å².